The first-order chi connectivity index (χ1) is 11.8. The Balaban J connectivity index is 1.33. The van der Waals surface area contributed by atoms with Crippen LogP contribution in [0.5, 0.6) is 11.8 Å². The van der Waals surface area contributed by atoms with E-state index >= 15 is 0 Å². The molecule has 1 fully saturated rings. The number of piperidine rings is 1. The van der Waals surface area contributed by atoms with Gasteiger partial charge >= 0.3 is 0 Å². The van der Waals surface area contributed by atoms with Gasteiger partial charge in [-0.15, -0.1) is 0 Å². The van der Waals surface area contributed by atoms with E-state index in [4.69, 9.17) is 9.47 Å². The van der Waals surface area contributed by atoms with Gasteiger partial charge in [-0.25, -0.2) is 0 Å². The van der Waals surface area contributed by atoms with Crippen molar-refractivity contribution in [2.24, 2.45) is 0 Å². The van der Waals surface area contributed by atoms with Gasteiger partial charge in [0.1, 0.15) is 12.4 Å². The summed E-state index contributed by atoms with van der Waals surface area (Å²) in [5.74, 6) is 0.831. The minimum atomic E-state index is -0.281. The molecule has 0 N–H and O–H groups in total. The number of fused-ring (bicyclic) bond motifs is 1. The standard InChI is InChI=1S/C18H21N3O3/c22-17-8-11-21-12-16(24-18(21)19-17)13-23-15-6-4-14(5-7-15)20-9-2-1-3-10-20/h4-8,11,16H,1-3,9-10,12-13H2/t16-/m0/s1. The van der Waals surface area contributed by atoms with Crippen molar-refractivity contribution in [3.05, 3.63) is 46.9 Å². The van der Waals surface area contributed by atoms with Gasteiger partial charge in [-0.3, -0.25) is 9.36 Å². The molecule has 0 spiro atoms. The summed E-state index contributed by atoms with van der Waals surface area (Å²) in [4.78, 5) is 17.5. The van der Waals surface area contributed by atoms with Gasteiger partial charge in [0.2, 0.25) is 0 Å². The maximum atomic E-state index is 11.2. The largest absolute Gasteiger partial charge is 0.490 e. The summed E-state index contributed by atoms with van der Waals surface area (Å²) in [5.41, 5.74) is 0.977. The van der Waals surface area contributed by atoms with E-state index in [1.807, 2.05) is 16.7 Å². The van der Waals surface area contributed by atoms with Crippen LogP contribution < -0.4 is 19.9 Å². The zero-order chi connectivity index (χ0) is 16.4. The number of aromatic nitrogens is 2. The zero-order valence-electron chi connectivity index (χ0n) is 13.6. The Morgan fingerprint density at radius 1 is 1.12 bits per heavy atom. The number of ether oxygens (including phenoxy) is 2. The number of rotatable bonds is 4. The maximum Gasteiger partial charge on any atom is 0.300 e. The monoisotopic (exact) mass is 327 g/mol. The molecule has 6 heteroatoms. The molecule has 2 aromatic rings. The van der Waals surface area contributed by atoms with E-state index in [0.29, 0.717) is 19.2 Å². The summed E-state index contributed by atoms with van der Waals surface area (Å²) >= 11 is 0. The lowest BCUT2D eigenvalue weighted by Crippen LogP contribution is -2.29. The lowest BCUT2D eigenvalue weighted by atomic mass is 10.1. The van der Waals surface area contributed by atoms with Crippen LogP contribution in [0.15, 0.2) is 41.3 Å². The van der Waals surface area contributed by atoms with Crippen molar-refractivity contribution in [1.82, 2.24) is 9.55 Å². The van der Waals surface area contributed by atoms with E-state index in [9.17, 15) is 4.79 Å². The van der Waals surface area contributed by atoms with Gasteiger partial charge < -0.3 is 14.4 Å². The molecule has 1 aromatic carbocycles. The van der Waals surface area contributed by atoms with Crippen LogP contribution in [-0.4, -0.2) is 35.4 Å². The summed E-state index contributed by atoms with van der Waals surface area (Å²) in [6.45, 7) is 3.36. The van der Waals surface area contributed by atoms with Gasteiger partial charge in [0.15, 0.2) is 6.10 Å². The van der Waals surface area contributed by atoms with E-state index in [0.717, 1.165) is 18.8 Å². The van der Waals surface area contributed by atoms with Crippen molar-refractivity contribution in [2.75, 3.05) is 24.6 Å². The highest BCUT2D eigenvalue weighted by Crippen LogP contribution is 2.23. The van der Waals surface area contributed by atoms with Crippen molar-refractivity contribution in [3.63, 3.8) is 0 Å². The van der Waals surface area contributed by atoms with Crippen LogP contribution in [0.3, 0.4) is 0 Å². The molecule has 3 heterocycles. The Morgan fingerprint density at radius 2 is 1.92 bits per heavy atom. The fourth-order valence-electron chi connectivity index (χ4n) is 3.23. The summed E-state index contributed by atoms with van der Waals surface area (Å²) in [6.07, 6.45) is 5.46. The van der Waals surface area contributed by atoms with Crippen LogP contribution >= 0.6 is 0 Å². The Bertz CT molecular complexity index is 751. The lowest BCUT2D eigenvalue weighted by molar-refractivity contribution is 0.143. The van der Waals surface area contributed by atoms with Crippen LogP contribution in [0, 0.1) is 0 Å². The third-order valence-electron chi connectivity index (χ3n) is 4.51. The summed E-state index contributed by atoms with van der Waals surface area (Å²) in [7, 11) is 0. The van der Waals surface area contributed by atoms with E-state index < -0.39 is 0 Å². The number of anilines is 1. The Morgan fingerprint density at radius 3 is 2.71 bits per heavy atom. The second-order valence-corrected chi connectivity index (χ2v) is 6.29. The van der Waals surface area contributed by atoms with E-state index in [-0.39, 0.29) is 11.7 Å². The third-order valence-corrected chi connectivity index (χ3v) is 4.51. The molecule has 0 radical (unpaired) electrons. The Labute approximate surface area is 140 Å². The van der Waals surface area contributed by atoms with Crippen LogP contribution in [0.1, 0.15) is 19.3 Å². The maximum absolute atomic E-state index is 11.2. The van der Waals surface area contributed by atoms with Crippen molar-refractivity contribution in [3.8, 4) is 11.8 Å². The Hall–Kier alpha value is -2.50. The smallest absolute Gasteiger partial charge is 0.300 e. The molecule has 1 saturated heterocycles. The second-order valence-electron chi connectivity index (χ2n) is 6.29. The normalized spacial score (nSPS) is 19.7. The summed E-state index contributed by atoms with van der Waals surface area (Å²) in [6, 6.07) is 10.1. The highest BCUT2D eigenvalue weighted by atomic mass is 16.6. The average Bonchev–Trinajstić information content (AvgIpc) is 3.03. The fraction of sp³-hybridized carbons (Fsp3) is 0.444. The topological polar surface area (TPSA) is 56.6 Å². The van der Waals surface area contributed by atoms with Gasteiger partial charge in [-0.05, 0) is 43.5 Å². The molecule has 4 rings (SSSR count). The summed E-state index contributed by atoms with van der Waals surface area (Å²) < 4.78 is 13.3. The van der Waals surface area contributed by atoms with Crippen LogP contribution in [0.25, 0.3) is 0 Å². The predicted octanol–water partition coefficient (Wildman–Crippen LogP) is 2.07. The molecule has 0 aliphatic carbocycles. The highest BCUT2D eigenvalue weighted by molar-refractivity contribution is 5.49. The Kier molecular flexibility index (Phi) is 4.11. The quantitative estimate of drug-likeness (QED) is 0.860. The molecule has 0 bridgehead atoms. The van der Waals surface area contributed by atoms with Crippen LogP contribution in [-0.2, 0) is 6.54 Å². The molecule has 2 aliphatic heterocycles. The van der Waals surface area contributed by atoms with E-state index in [1.54, 1.807) is 6.20 Å². The summed E-state index contributed by atoms with van der Waals surface area (Å²) in [5, 5.41) is 0. The SMILES string of the molecule is O=c1ccn2c(n1)O[C@H](COc1ccc(N3CCCCC3)cc1)C2. The van der Waals surface area contributed by atoms with Gasteiger partial charge in [0.25, 0.3) is 11.6 Å². The van der Waals surface area contributed by atoms with E-state index in [2.05, 4.69) is 22.0 Å². The first kappa shape index (κ1) is 15.1. The molecule has 6 nitrogen and oxygen atoms in total. The molecule has 126 valence electrons. The molecule has 1 aromatic heterocycles. The third kappa shape index (κ3) is 3.22. The van der Waals surface area contributed by atoms with Crippen molar-refractivity contribution in [2.45, 2.75) is 31.9 Å². The lowest BCUT2D eigenvalue weighted by Gasteiger charge is -2.28. The second kappa shape index (κ2) is 6.55. The van der Waals surface area contributed by atoms with Crippen molar-refractivity contribution >= 4 is 5.69 Å². The van der Waals surface area contributed by atoms with Crippen LogP contribution in [0.4, 0.5) is 5.69 Å². The number of hydrogen-bond donors (Lipinski definition) is 0. The molecule has 2 aliphatic rings. The van der Waals surface area contributed by atoms with Gasteiger partial charge in [0.05, 0.1) is 6.54 Å². The minimum absolute atomic E-state index is 0.124. The average molecular weight is 327 g/mol. The van der Waals surface area contributed by atoms with Gasteiger partial charge in [0, 0.05) is 31.0 Å². The minimum Gasteiger partial charge on any atom is -0.490 e. The van der Waals surface area contributed by atoms with E-state index in [1.165, 1.54) is 31.0 Å². The molecular weight excluding hydrogens is 306 g/mol. The predicted molar refractivity (Wildman–Crippen MR) is 90.9 cm³/mol. The molecule has 0 amide bonds. The van der Waals surface area contributed by atoms with Gasteiger partial charge in [-0.1, -0.05) is 0 Å². The molecule has 1 atom stereocenters. The first-order valence-corrected chi connectivity index (χ1v) is 8.50. The fourth-order valence-corrected chi connectivity index (χ4v) is 3.23. The highest BCUT2D eigenvalue weighted by Gasteiger charge is 2.23. The van der Waals surface area contributed by atoms with Crippen molar-refractivity contribution in [1.29, 1.82) is 0 Å². The molecule has 0 saturated carbocycles. The van der Waals surface area contributed by atoms with Crippen LogP contribution in [0.2, 0.25) is 0 Å². The zero-order valence-corrected chi connectivity index (χ0v) is 13.6. The number of benzene rings is 1. The molecule has 24 heavy (non-hydrogen) atoms. The molecule has 0 unspecified atom stereocenters. The number of nitrogens with zero attached hydrogens (tertiary/aromatic N) is 3. The van der Waals surface area contributed by atoms with Crippen molar-refractivity contribution < 1.29 is 9.47 Å². The van der Waals surface area contributed by atoms with Gasteiger partial charge in [-0.2, -0.15) is 4.98 Å². The first-order valence-electron chi connectivity index (χ1n) is 8.50. The number of hydrogen-bond acceptors (Lipinski definition) is 5. The molecular formula is C18H21N3O3.